The normalized spacial score (nSPS) is 15.0. The molecular weight excluding hydrogens is 347 g/mol. The van der Waals surface area contributed by atoms with Crippen molar-refractivity contribution in [3.05, 3.63) is 59.9 Å². The number of nitrogens with one attached hydrogen (secondary N) is 1. The SMILES string of the molecule is O=C(c1cccc(S(=O)(=O)Nc2ccccc2F)c1)N1CCOCC1. The van der Waals surface area contributed by atoms with Gasteiger partial charge in [0.2, 0.25) is 0 Å². The Morgan fingerprint density at radius 1 is 1.08 bits per heavy atom. The lowest BCUT2D eigenvalue weighted by molar-refractivity contribution is 0.0302. The Morgan fingerprint density at radius 3 is 2.52 bits per heavy atom. The standard InChI is InChI=1S/C17H17FN2O4S/c18-15-6-1-2-7-16(15)19-25(22,23)14-5-3-4-13(12-14)17(21)20-8-10-24-11-9-20/h1-7,12,19H,8-11H2. The zero-order valence-electron chi connectivity index (χ0n) is 13.3. The number of hydrogen-bond acceptors (Lipinski definition) is 4. The molecular formula is C17H17FN2O4S. The van der Waals surface area contributed by atoms with Crippen LogP contribution < -0.4 is 4.72 Å². The Morgan fingerprint density at radius 2 is 1.80 bits per heavy atom. The molecule has 0 unspecified atom stereocenters. The number of benzene rings is 2. The molecule has 1 heterocycles. The van der Waals surface area contributed by atoms with Gasteiger partial charge in [-0.1, -0.05) is 18.2 Å². The third-order valence-electron chi connectivity index (χ3n) is 3.81. The number of nitrogens with zero attached hydrogens (tertiary/aromatic N) is 1. The number of anilines is 1. The number of ether oxygens (including phenoxy) is 1. The van der Waals surface area contributed by atoms with Gasteiger partial charge in [-0.25, -0.2) is 12.8 Å². The van der Waals surface area contributed by atoms with Crippen LogP contribution in [0.5, 0.6) is 0 Å². The van der Waals surface area contributed by atoms with Gasteiger partial charge in [0, 0.05) is 18.7 Å². The van der Waals surface area contributed by atoms with Crippen molar-refractivity contribution < 1.29 is 22.3 Å². The van der Waals surface area contributed by atoms with Gasteiger partial charge in [-0.05, 0) is 30.3 Å². The van der Waals surface area contributed by atoms with E-state index in [4.69, 9.17) is 4.74 Å². The van der Waals surface area contributed by atoms with E-state index in [0.29, 0.717) is 26.3 Å². The van der Waals surface area contributed by atoms with E-state index in [1.165, 1.54) is 36.4 Å². The van der Waals surface area contributed by atoms with Gasteiger partial charge in [-0.3, -0.25) is 9.52 Å². The van der Waals surface area contributed by atoms with Crippen molar-refractivity contribution >= 4 is 21.6 Å². The Kier molecular flexibility index (Phi) is 5.00. The van der Waals surface area contributed by atoms with Crippen molar-refractivity contribution in [2.75, 3.05) is 31.0 Å². The van der Waals surface area contributed by atoms with Crippen LogP contribution in [0.3, 0.4) is 0 Å². The number of rotatable bonds is 4. The Labute approximate surface area is 145 Å². The second-order valence-electron chi connectivity index (χ2n) is 5.52. The van der Waals surface area contributed by atoms with Crippen LogP contribution in [0.25, 0.3) is 0 Å². The van der Waals surface area contributed by atoms with E-state index in [1.807, 2.05) is 0 Å². The smallest absolute Gasteiger partial charge is 0.262 e. The molecule has 3 rings (SSSR count). The molecule has 132 valence electrons. The maximum absolute atomic E-state index is 13.7. The van der Waals surface area contributed by atoms with Gasteiger partial charge < -0.3 is 9.64 Å². The first kappa shape index (κ1) is 17.4. The maximum atomic E-state index is 13.7. The summed E-state index contributed by atoms with van der Waals surface area (Å²) in [6.07, 6.45) is 0. The van der Waals surface area contributed by atoms with E-state index < -0.39 is 15.8 Å². The van der Waals surface area contributed by atoms with E-state index in [2.05, 4.69) is 4.72 Å². The second-order valence-corrected chi connectivity index (χ2v) is 7.20. The number of morpholine rings is 1. The molecule has 0 saturated carbocycles. The summed E-state index contributed by atoms with van der Waals surface area (Å²) in [5, 5.41) is 0. The summed E-state index contributed by atoms with van der Waals surface area (Å²) in [4.78, 5) is 14.0. The molecule has 1 fully saturated rings. The summed E-state index contributed by atoms with van der Waals surface area (Å²) in [5.74, 6) is -0.933. The van der Waals surface area contributed by atoms with E-state index in [1.54, 1.807) is 11.0 Å². The Bertz CT molecular complexity index is 880. The van der Waals surface area contributed by atoms with Crippen LogP contribution in [-0.2, 0) is 14.8 Å². The van der Waals surface area contributed by atoms with E-state index >= 15 is 0 Å². The molecule has 8 heteroatoms. The van der Waals surface area contributed by atoms with E-state index in [0.717, 1.165) is 6.07 Å². The van der Waals surface area contributed by atoms with E-state index in [-0.39, 0.29) is 22.1 Å². The van der Waals surface area contributed by atoms with Gasteiger partial charge in [-0.2, -0.15) is 0 Å². The molecule has 1 aliphatic rings. The lowest BCUT2D eigenvalue weighted by atomic mass is 10.2. The average Bonchev–Trinajstić information content (AvgIpc) is 2.64. The predicted octanol–water partition coefficient (Wildman–Crippen LogP) is 2.10. The molecule has 0 aromatic heterocycles. The molecule has 1 N–H and O–H groups in total. The van der Waals surface area contributed by atoms with Gasteiger partial charge in [0.15, 0.2) is 0 Å². The van der Waals surface area contributed by atoms with Gasteiger partial charge in [0.25, 0.3) is 15.9 Å². The highest BCUT2D eigenvalue weighted by Gasteiger charge is 2.21. The van der Waals surface area contributed by atoms with Gasteiger partial charge in [0.1, 0.15) is 5.82 Å². The number of carbonyl (C=O) groups is 1. The molecule has 2 aromatic carbocycles. The van der Waals surface area contributed by atoms with Crippen molar-refractivity contribution in [1.29, 1.82) is 0 Å². The van der Waals surface area contributed by atoms with E-state index in [9.17, 15) is 17.6 Å². The van der Waals surface area contributed by atoms with Crippen LogP contribution >= 0.6 is 0 Å². The van der Waals surface area contributed by atoms with Gasteiger partial charge in [-0.15, -0.1) is 0 Å². The summed E-state index contributed by atoms with van der Waals surface area (Å²) < 4.78 is 46.1. The zero-order valence-corrected chi connectivity index (χ0v) is 14.1. The van der Waals surface area contributed by atoms with Gasteiger partial charge in [0.05, 0.1) is 23.8 Å². The summed E-state index contributed by atoms with van der Waals surface area (Å²) in [6.45, 7) is 1.84. The van der Waals surface area contributed by atoms with Crippen molar-refractivity contribution in [3.8, 4) is 0 Å². The largest absolute Gasteiger partial charge is 0.378 e. The quantitative estimate of drug-likeness (QED) is 0.901. The predicted molar refractivity (Wildman–Crippen MR) is 90.4 cm³/mol. The first-order valence-corrected chi connectivity index (χ1v) is 9.20. The Balaban J connectivity index is 1.85. The van der Waals surface area contributed by atoms with Crippen LogP contribution in [0.2, 0.25) is 0 Å². The van der Waals surface area contributed by atoms with Crippen LogP contribution in [0, 0.1) is 5.82 Å². The molecule has 1 saturated heterocycles. The minimum Gasteiger partial charge on any atom is -0.378 e. The van der Waals surface area contributed by atoms with Crippen molar-refractivity contribution in [2.24, 2.45) is 0 Å². The minimum atomic E-state index is -4.01. The number of sulfonamides is 1. The average molecular weight is 364 g/mol. The third-order valence-corrected chi connectivity index (χ3v) is 5.17. The lowest BCUT2D eigenvalue weighted by Gasteiger charge is -2.27. The molecule has 25 heavy (non-hydrogen) atoms. The first-order valence-electron chi connectivity index (χ1n) is 7.72. The monoisotopic (exact) mass is 364 g/mol. The second kappa shape index (κ2) is 7.20. The van der Waals surface area contributed by atoms with Crippen molar-refractivity contribution in [3.63, 3.8) is 0 Å². The summed E-state index contributed by atoms with van der Waals surface area (Å²) in [7, 11) is -4.01. The van der Waals surface area contributed by atoms with Crippen molar-refractivity contribution in [2.45, 2.75) is 4.90 Å². The molecule has 6 nitrogen and oxygen atoms in total. The van der Waals surface area contributed by atoms with Crippen LogP contribution in [0.15, 0.2) is 53.4 Å². The summed E-state index contributed by atoms with van der Waals surface area (Å²) in [5.41, 5.74) is 0.116. The molecule has 0 radical (unpaired) electrons. The first-order chi connectivity index (χ1) is 12.0. The molecule has 2 aromatic rings. The number of carbonyl (C=O) groups excluding carboxylic acids is 1. The highest BCUT2D eigenvalue weighted by atomic mass is 32.2. The number of hydrogen-bond donors (Lipinski definition) is 1. The van der Waals surface area contributed by atoms with Crippen LogP contribution in [-0.4, -0.2) is 45.5 Å². The fraction of sp³-hybridized carbons (Fsp3) is 0.235. The molecule has 0 aliphatic carbocycles. The third kappa shape index (κ3) is 3.97. The minimum absolute atomic E-state index is 0.102. The van der Waals surface area contributed by atoms with Gasteiger partial charge >= 0.3 is 0 Å². The summed E-state index contributed by atoms with van der Waals surface area (Å²) >= 11 is 0. The molecule has 0 spiro atoms. The Hall–Kier alpha value is -2.45. The van der Waals surface area contributed by atoms with Crippen molar-refractivity contribution in [1.82, 2.24) is 4.90 Å². The molecule has 0 bridgehead atoms. The summed E-state index contributed by atoms with van der Waals surface area (Å²) in [6, 6.07) is 11.2. The molecule has 0 atom stereocenters. The molecule has 1 amide bonds. The number of halogens is 1. The fourth-order valence-corrected chi connectivity index (χ4v) is 3.61. The topological polar surface area (TPSA) is 75.7 Å². The lowest BCUT2D eigenvalue weighted by Crippen LogP contribution is -2.40. The highest BCUT2D eigenvalue weighted by Crippen LogP contribution is 2.20. The highest BCUT2D eigenvalue weighted by molar-refractivity contribution is 7.92. The zero-order chi connectivity index (χ0) is 17.9. The maximum Gasteiger partial charge on any atom is 0.262 e. The van der Waals surface area contributed by atoms with Crippen LogP contribution in [0.4, 0.5) is 10.1 Å². The molecule has 1 aliphatic heterocycles. The fourth-order valence-electron chi connectivity index (χ4n) is 2.49. The number of para-hydroxylation sites is 1. The number of amides is 1. The van der Waals surface area contributed by atoms with Crippen LogP contribution in [0.1, 0.15) is 10.4 Å².